The summed E-state index contributed by atoms with van der Waals surface area (Å²) in [6, 6.07) is 6.97. The lowest BCUT2D eigenvalue weighted by molar-refractivity contribution is 0.113. The molecule has 0 aliphatic carbocycles. The Kier molecular flexibility index (Phi) is 5.33. The number of ether oxygens (including phenoxy) is 1. The van der Waals surface area contributed by atoms with Crippen molar-refractivity contribution in [3.63, 3.8) is 0 Å². The highest BCUT2D eigenvalue weighted by molar-refractivity contribution is 5.80. The van der Waals surface area contributed by atoms with Crippen molar-refractivity contribution in [2.24, 2.45) is 4.99 Å². The van der Waals surface area contributed by atoms with Crippen LogP contribution in [-0.4, -0.2) is 63.3 Å². The first kappa shape index (κ1) is 16.1. The van der Waals surface area contributed by atoms with Crippen molar-refractivity contribution in [2.45, 2.75) is 18.9 Å². The van der Waals surface area contributed by atoms with Crippen LogP contribution < -0.4 is 10.2 Å². The van der Waals surface area contributed by atoms with Crippen LogP contribution in [0.2, 0.25) is 0 Å². The number of anilines is 1. The lowest BCUT2D eigenvalue weighted by atomic mass is 10.2. The quantitative estimate of drug-likeness (QED) is 0.680. The third kappa shape index (κ3) is 3.93. The van der Waals surface area contributed by atoms with Crippen LogP contribution in [0.4, 0.5) is 10.1 Å². The number of para-hydroxylation sites is 1. The molecule has 0 bridgehead atoms. The van der Waals surface area contributed by atoms with Crippen LogP contribution in [0.3, 0.4) is 0 Å². The molecule has 1 N–H and O–H groups in total. The number of hydrogen-bond acceptors (Lipinski definition) is 3. The maximum Gasteiger partial charge on any atom is 0.193 e. The third-order valence-corrected chi connectivity index (χ3v) is 4.50. The summed E-state index contributed by atoms with van der Waals surface area (Å²) in [6.45, 7) is 4.93. The zero-order valence-corrected chi connectivity index (χ0v) is 13.7. The van der Waals surface area contributed by atoms with Crippen molar-refractivity contribution in [1.82, 2.24) is 10.2 Å². The van der Waals surface area contributed by atoms with Crippen LogP contribution in [0, 0.1) is 5.82 Å². The molecule has 0 saturated carbocycles. The predicted octanol–water partition coefficient (Wildman–Crippen LogP) is 1.70. The first-order chi connectivity index (χ1) is 11.3. The van der Waals surface area contributed by atoms with Gasteiger partial charge in [0.25, 0.3) is 0 Å². The largest absolute Gasteiger partial charge is 0.376 e. The summed E-state index contributed by atoms with van der Waals surface area (Å²) in [5, 5.41) is 3.41. The Bertz CT molecular complexity index is 537. The Morgan fingerprint density at radius 3 is 2.74 bits per heavy atom. The fourth-order valence-electron chi connectivity index (χ4n) is 3.21. The molecule has 2 saturated heterocycles. The first-order valence-electron chi connectivity index (χ1n) is 8.34. The van der Waals surface area contributed by atoms with Gasteiger partial charge in [-0.2, -0.15) is 0 Å². The zero-order chi connectivity index (χ0) is 16.1. The van der Waals surface area contributed by atoms with Crippen LogP contribution >= 0.6 is 0 Å². The second-order valence-electron chi connectivity index (χ2n) is 5.99. The second kappa shape index (κ2) is 7.64. The third-order valence-electron chi connectivity index (χ3n) is 4.50. The van der Waals surface area contributed by atoms with Crippen molar-refractivity contribution >= 4 is 11.6 Å². The van der Waals surface area contributed by atoms with E-state index in [4.69, 9.17) is 4.74 Å². The van der Waals surface area contributed by atoms with Gasteiger partial charge < -0.3 is 19.9 Å². The molecule has 23 heavy (non-hydrogen) atoms. The molecule has 2 fully saturated rings. The van der Waals surface area contributed by atoms with Crippen LogP contribution in [0.1, 0.15) is 12.8 Å². The molecule has 2 heterocycles. The molecule has 3 rings (SSSR count). The van der Waals surface area contributed by atoms with E-state index >= 15 is 0 Å². The van der Waals surface area contributed by atoms with Gasteiger partial charge >= 0.3 is 0 Å². The summed E-state index contributed by atoms with van der Waals surface area (Å²) < 4.78 is 19.5. The Balaban J connectivity index is 1.52. The summed E-state index contributed by atoms with van der Waals surface area (Å²) in [5.74, 6) is 0.760. The zero-order valence-electron chi connectivity index (χ0n) is 13.7. The smallest absolute Gasteiger partial charge is 0.193 e. The molecule has 1 atom stereocenters. The molecule has 6 heteroatoms. The number of halogens is 1. The highest BCUT2D eigenvalue weighted by atomic mass is 19.1. The molecular formula is C17H25FN4O. The highest BCUT2D eigenvalue weighted by Gasteiger charge is 2.22. The minimum atomic E-state index is -0.151. The Morgan fingerprint density at radius 1 is 1.30 bits per heavy atom. The Hall–Kier alpha value is -1.82. The molecule has 1 aromatic rings. The van der Waals surface area contributed by atoms with Crippen molar-refractivity contribution in [3.05, 3.63) is 30.1 Å². The lowest BCUT2D eigenvalue weighted by Crippen LogP contribution is -2.53. The van der Waals surface area contributed by atoms with Gasteiger partial charge in [0.05, 0.1) is 11.8 Å². The number of aliphatic imine (C=N–C) groups is 1. The van der Waals surface area contributed by atoms with Gasteiger partial charge in [0.2, 0.25) is 0 Å². The van der Waals surface area contributed by atoms with Crippen molar-refractivity contribution in [3.8, 4) is 0 Å². The molecule has 126 valence electrons. The van der Waals surface area contributed by atoms with Crippen molar-refractivity contribution in [1.29, 1.82) is 0 Å². The minimum Gasteiger partial charge on any atom is -0.376 e. The normalized spacial score (nSPS) is 22.5. The summed E-state index contributed by atoms with van der Waals surface area (Å²) >= 11 is 0. The van der Waals surface area contributed by atoms with Crippen LogP contribution in [0.15, 0.2) is 29.3 Å². The second-order valence-corrected chi connectivity index (χ2v) is 5.99. The predicted molar refractivity (Wildman–Crippen MR) is 90.5 cm³/mol. The molecule has 5 nitrogen and oxygen atoms in total. The lowest BCUT2D eigenvalue weighted by Gasteiger charge is -2.38. The first-order valence-corrected chi connectivity index (χ1v) is 8.34. The fraction of sp³-hybridized carbons (Fsp3) is 0.588. The Morgan fingerprint density at radius 2 is 2.09 bits per heavy atom. The molecule has 0 aromatic heterocycles. The van der Waals surface area contributed by atoms with E-state index in [-0.39, 0.29) is 5.82 Å². The van der Waals surface area contributed by atoms with Gasteiger partial charge in [-0.05, 0) is 25.0 Å². The van der Waals surface area contributed by atoms with E-state index < -0.39 is 0 Å². The topological polar surface area (TPSA) is 40.1 Å². The van der Waals surface area contributed by atoms with E-state index in [1.807, 2.05) is 12.1 Å². The van der Waals surface area contributed by atoms with Gasteiger partial charge in [0.1, 0.15) is 5.82 Å². The number of nitrogens with one attached hydrogen (secondary N) is 1. The SMILES string of the molecule is CN=C(NCC1CCCO1)N1CCN(c2ccccc2F)CC1. The van der Waals surface area contributed by atoms with E-state index in [1.165, 1.54) is 6.07 Å². The molecule has 2 aliphatic rings. The van der Waals surface area contributed by atoms with Gasteiger partial charge in [-0.25, -0.2) is 4.39 Å². The summed E-state index contributed by atoms with van der Waals surface area (Å²) in [6.07, 6.45) is 2.56. The molecule has 1 unspecified atom stereocenters. The summed E-state index contributed by atoms with van der Waals surface area (Å²) in [5.41, 5.74) is 0.689. The maximum absolute atomic E-state index is 13.9. The van der Waals surface area contributed by atoms with Gasteiger partial charge in [-0.15, -0.1) is 0 Å². The molecule has 2 aliphatic heterocycles. The Labute approximate surface area is 137 Å². The molecule has 1 aromatic carbocycles. The van der Waals surface area contributed by atoms with Crippen LogP contribution in [0.5, 0.6) is 0 Å². The average molecular weight is 320 g/mol. The average Bonchev–Trinajstić information content (AvgIpc) is 3.10. The fourth-order valence-corrected chi connectivity index (χ4v) is 3.21. The van der Waals surface area contributed by atoms with Gasteiger partial charge in [-0.3, -0.25) is 4.99 Å². The van der Waals surface area contributed by atoms with E-state index in [2.05, 4.69) is 20.1 Å². The van der Waals surface area contributed by atoms with E-state index in [0.29, 0.717) is 11.8 Å². The molecule has 0 spiro atoms. The molecule has 0 radical (unpaired) electrons. The van der Waals surface area contributed by atoms with Crippen molar-refractivity contribution in [2.75, 3.05) is 51.3 Å². The number of benzene rings is 1. The molecular weight excluding hydrogens is 295 g/mol. The van der Waals surface area contributed by atoms with E-state index in [1.54, 1.807) is 13.1 Å². The van der Waals surface area contributed by atoms with Gasteiger partial charge in [0, 0.05) is 46.4 Å². The summed E-state index contributed by atoms with van der Waals surface area (Å²) in [4.78, 5) is 8.70. The minimum absolute atomic E-state index is 0.151. The maximum atomic E-state index is 13.9. The van der Waals surface area contributed by atoms with Gasteiger partial charge in [-0.1, -0.05) is 12.1 Å². The van der Waals surface area contributed by atoms with E-state index in [0.717, 1.165) is 58.1 Å². The molecule has 0 amide bonds. The van der Waals surface area contributed by atoms with Crippen LogP contribution in [-0.2, 0) is 4.74 Å². The summed E-state index contributed by atoms with van der Waals surface area (Å²) in [7, 11) is 1.81. The highest BCUT2D eigenvalue weighted by Crippen LogP contribution is 2.20. The number of rotatable bonds is 3. The standard InChI is InChI=1S/C17H25FN4O/c1-19-17(20-13-14-5-4-12-23-14)22-10-8-21(9-11-22)16-7-3-2-6-15(16)18/h2-3,6-7,14H,4-5,8-13H2,1H3,(H,19,20). The number of nitrogens with zero attached hydrogens (tertiary/aromatic N) is 3. The number of hydrogen-bond donors (Lipinski definition) is 1. The number of piperazine rings is 1. The monoisotopic (exact) mass is 320 g/mol. The van der Waals surface area contributed by atoms with E-state index in [9.17, 15) is 4.39 Å². The number of guanidine groups is 1. The van der Waals surface area contributed by atoms with Gasteiger partial charge in [0.15, 0.2) is 5.96 Å². The van der Waals surface area contributed by atoms with Crippen LogP contribution in [0.25, 0.3) is 0 Å². The van der Waals surface area contributed by atoms with Crippen molar-refractivity contribution < 1.29 is 9.13 Å².